The molecule has 0 fully saturated rings. The molecule has 90 valence electrons. The van der Waals surface area contributed by atoms with Crippen LogP contribution in [0.3, 0.4) is 0 Å². The maximum atomic E-state index is 5.82. The Labute approximate surface area is 98.8 Å². The summed E-state index contributed by atoms with van der Waals surface area (Å²) in [5.41, 5.74) is 8.41. The lowest BCUT2D eigenvalue weighted by atomic mass is 9.94. The maximum absolute atomic E-state index is 5.82. The molecule has 0 aliphatic carbocycles. The van der Waals surface area contributed by atoms with Crippen molar-refractivity contribution in [2.24, 2.45) is 5.73 Å². The van der Waals surface area contributed by atoms with Gasteiger partial charge in [0.1, 0.15) is 5.75 Å². The van der Waals surface area contributed by atoms with Gasteiger partial charge in [-0.3, -0.25) is 0 Å². The van der Waals surface area contributed by atoms with Gasteiger partial charge < -0.3 is 10.5 Å². The Morgan fingerprint density at radius 3 is 2.50 bits per heavy atom. The zero-order chi connectivity index (χ0) is 12.1. The molecule has 0 amide bonds. The molecule has 2 unspecified atom stereocenters. The van der Waals surface area contributed by atoms with Crippen LogP contribution in [0.25, 0.3) is 0 Å². The van der Waals surface area contributed by atoms with Gasteiger partial charge in [0.25, 0.3) is 0 Å². The smallest absolute Gasteiger partial charge is 0.122 e. The van der Waals surface area contributed by atoms with Crippen LogP contribution in [0.5, 0.6) is 5.75 Å². The molecule has 0 heterocycles. The summed E-state index contributed by atoms with van der Waals surface area (Å²) in [5.74, 6) is 1.52. The number of benzene rings is 1. The number of hydrogen-bond acceptors (Lipinski definition) is 2. The third kappa shape index (κ3) is 3.24. The molecule has 2 N–H and O–H groups in total. The molecule has 0 aliphatic heterocycles. The molecule has 0 saturated carbocycles. The van der Waals surface area contributed by atoms with Crippen LogP contribution in [-0.2, 0) is 6.42 Å². The minimum Gasteiger partial charge on any atom is -0.496 e. The summed E-state index contributed by atoms with van der Waals surface area (Å²) in [4.78, 5) is 0. The quantitative estimate of drug-likeness (QED) is 0.829. The number of ether oxygens (including phenoxy) is 1. The molecule has 1 rings (SSSR count). The van der Waals surface area contributed by atoms with Gasteiger partial charge in [0.2, 0.25) is 0 Å². The van der Waals surface area contributed by atoms with Crippen LogP contribution in [0.15, 0.2) is 18.2 Å². The Hall–Kier alpha value is -1.02. The first-order valence-corrected chi connectivity index (χ1v) is 6.00. The summed E-state index contributed by atoms with van der Waals surface area (Å²) in [6.45, 7) is 6.46. The van der Waals surface area contributed by atoms with Crippen molar-refractivity contribution in [1.29, 1.82) is 0 Å². The van der Waals surface area contributed by atoms with Crippen molar-refractivity contribution in [1.82, 2.24) is 0 Å². The van der Waals surface area contributed by atoms with Crippen molar-refractivity contribution in [3.05, 3.63) is 29.3 Å². The minimum absolute atomic E-state index is 0.207. The predicted octanol–water partition coefficient (Wildman–Crippen LogP) is 3.10. The monoisotopic (exact) mass is 221 g/mol. The Morgan fingerprint density at radius 1 is 1.31 bits per heavy atom. The Kier molecular flexibility index (Phi) is 4.81. The van der Waals surface area contributed by atoms with E-state index in [9.17, 15) is 0 Å². The summed E-state index contributed by atoms with van der Waals surface area (Å²) in [6.07, 6.45) is 2.05. The minimum atomic E-state index is 0.207. The van der Waals surface area contributed by atoms with Crippen molar-refractivity contribution in [3.63, 3.8) is 0 Å². The Bertz CT molecular complexity index is 334. The standard InChI is InChI=1S/C14H23NO/c1-5-10(2)13-9-12(8-11(3)15)6-7-14(13)16-4/h6-7,9-11H,5,8,15H2,1-4H3. The second-order valence-electron chi connectivity index (χ2n) is 4.57. The topological polar surface area (TPSA) is 35.2 Å². The van der Waals surface area contributed by atoms with Crippen molar-refractivity contribution in [2.45, 2.75) is 45.6 Å². The molecule has 0 spiro atoms. The average molecular weight is 221 g/mol. The van der Waals surface area contributed by atoms with E-state index in [2.05, 4.69) is 32.0 Å². The fraction of sp³-hybridized carbons (Fsp3) is 0.571. The molecule has 2 nitrogen and oxygen atoms in total. The van der Waals surface area contributed by atoms with Gasteiger partial charge in [-0.2, -0.15) is 0 Å². The van der Waals surface area contributed by atoms with E-state index in [0.29, 0.717) is 5.92 Å². The highest BCUT2D eigenvalue weighted by atomic mass is 16.5. The average Bonchev–Trinajstić information content (AvgIpc) is 2.27. The molecule has 16 heavy (non-hydrogen) atoms. The second kappa shape index (κ2) is 5.90. The van der Waals surface area contributed by atoms with E-state index in [-0.39, 0.29) is 6.04 Å². The lowest BCUT2D eigenvalue weighted by molar-refractivity contribution is 0.405. The van der Waals surface area contributed by atoms with E-state index in [0.717, 1.165) is 18.6 Å². The van der Waals surface area contributed by atoms with Gasteiger partial charge in [-0.25, -0.2) is 0 Å². The summed E-state index contributed by atoms with van der Waals surface area (Å²) in [7, 11) is 1.73. The second-order valence-corrected chi connectivity index (χ2v) is 4.57. The zero-order valence-corrected chi connectivity index (χ0v) is 10.8. The van der Waals surface area contributed by atoms with E-state index in [1.165, 1.54) is 11.1 Å². The summed E-state index contributed by atoms with van der Waals surface area (Å²) < 4.78 is 5.40. The highest BCUT2D eigenvalue weighted by Crippen LogP contribution is 2.29. The fourth-order valence-electron chi connectivity index (χ4n) is 1.89. The van der Waals surface area contributed by atoms with Crippen LogP contribution < -0.4 is 10.5 Å². The normalized spacial score (nSPS) is 14.6. The Morgan fingerprint density at radius 2 is 2.00 bits per heavy atom. The van der Waals surface area contributed by atoms with Crippen molar-refractivity contribution in [3.8, 4) is 5.75 Å². The van der Waals surface area contributed by atoms with Gasteiger partial charge >= 0.3 is 0 Å². The predicted molar refractivity (Wildman–Crippen MR) is 69.1 cm³/mol. The molecule has 2 atom stereocenters. The van der Waals surface area contributed by atoms with E-state index in [1.54, 1.807) is 7.11 Å². The lowest BCUT2D eigenvalue weighted by Gasteiger charge is -2.16. The molecule has 0 bridgehead atoms. The first kappa shape index (κ1) is 13.0. The number of hydrogen-bond donors (Lipinski definition) is 1. The molecular formula is C14H23NO. The molecule has 0 aromatic heterocycles. The van der Waals surface area contributed by atoms with Crippen molar-refractivity contribution < 1.29 is 4.74 Å². The van der Waals surface area contributed by atoms with Gasteiger partial charge in [-0.15, -0.1) is 0 Å². The van der Waals surface area contributed by atoms with Crippen LogP contribution in [0.2, 0.25) is 0 Å². The van der Waals surface area contributed by atoms with Crippen LogP contribution in [-0.4, -0.2) is 13.2 Å². The van der Waals surface area contributed by atoms with E-state index in [4.69, 9.17) is 10.5 Å². The third-order valence-electron chi connectivity index (χ3n) is 3.00. The molecule has 0 aliphatic rings. The van der Waals surface area contributed by atoms with Gasteiger partial charge in [0, 0.05) is 6.04 Å². The van der Waals surface area contributed by atoms with E-state index >= 15 is 0 Å². The van der Waals surface area contributed by atoms with E-state index in [1.807, 2.05) is 6.92 Å². The lowest BCUT2D eigenvalue weighted by Crippen LogP contribution is -2.17. The summed E-state index contributed by atoms with van der Waals surface area (Å²) in [5, 5.41) is 0. The van der Waals surface area contributed by atoms with Gasteiger partial charge in [-0.1, -0.05) is 26.0 Å². The molecule has 0 radical (unpaired) electrons. The molecule has 0 saturated heterocycles. The molecule has 2 heteroatoms. The van der Waals surface area contributed by atoms with Crippen LogP contribution >= 0.6 is 0 Å². The molecule has 1 aromatic carbocycles. The van der Waals surface area contributed by atoms with E-state index < -0.39 is 0 Å². The summed E-state index contributed by atoms with van der Waals surface area (Å²) in [6, 6.07) is 6.60. The molecular weight excluding hydrogens is 198 g/mol. The first-order valence-electron chi connectivity index (χ1n) is 6.00. The Balaban J connectivity index is 3.01. The zero-order valence-electron chi connectivity index (χ0n) is 10.8. The largest absolute Gasteiger partial charge is 0.496 e. The number of nitrogens with two attached hydrogens (primary N) is 1. The van der Waals surface area contributed by atoms with Gasteiger partial charge in [-0.05, 0) is 42.9 Å². The van der Waals surface area contributed by atoms with Crippen LogP contribution in [0.4, 0.5) is 0 Å². The number of rotatable bonds is 5. The van der Waals surface area contributed by atoms with Gasteiger partial charge in [0.05, 0.1) is 7.11 Å². The third-order valence-corrected chi connectivity index (χ3v) is 3.00. The molecule has 1 aromatic rings. The van der Waals surface area contributed by atoms with Crippen LogP contribution in [0, 0.1) is 0 Å². The summed E-state index contributed by atoms with van der Waals surface area (Å²) >= 11 is 0. The van der Waals surface area contributed by atoms with Gasteiger partial charge in [0.15, 0.2) is 0 Å². The SMILES string of the molecule is CCC(C)c1cc(CC(C)N)ccc1OC. The van der Waals surface area contributed by atoms with Crippen molar-refractivity contribution in [2.75, 3.05) is 7.11 Å². The maximum Gasteiger partial charge on any atom is 0.122 e. The number of methoxy groups -OCH3 is 1. The highest BCUT2D eigenvalue weighted by molar-refractivity contribution is 5.39. The van der Waals surface area contributed by atoms with Crippen LogP contribution in [0.1, 0.15) is 44.2 Å². The van der Waals surface area contributed by atoms with Crippen molar-refractivity contribution >= 4 is 0 Å². The highest BCUT2D eigenvalue weighted by Gasteiger charge is 2.11. The fourth-order valence-corrected chi connectivity index (χ4v) is 1.89. The first-order chi connectivity index (χ1) is 7.58.